The summed E-state index contributed by atoms with van der Waals surface area (Å²) in [6, 6.07) is 13.1. The Morgan fingerprint density at radius 1 is 1.11 bits per heavy atom. The quantitative estimate of drug-likeness (QED) is 0.851. The molecule has 0 saturated carbocycles. The van der Waals surface area contributed by atoms with Gasteiger partial charge in [0.1, 0.15) is 11.4 Å². The molecule has 0 aromatic heterocycles. The van der Waals surface area contributed by atoms with Crippen LogP contribution in [0.3, 0.4) is 0 Å². The van der Waals surface area contributed by atoms with E-state index < -0.39 is 29.6 Å². The van der Waals surface area contributed by atoms with Gasteiger partial charge in [0.15, 0.2) is 0 Å². The van der Waals surface area contributed by atoms with Gasteiger partial charge < -0.3 is 10.1 Å². The van der Waals surface area contributed by atoms with E-state index in [1.165, 1.54) is 6.07 Å². The predicted molar refractivity (Wildman–Crippen MR) is 100 cm³/mol. The van der Waals surface area contributed by atoms with E-state index in [1.54, 1.807) is 63.2 Å². The number of benzene rings is 2. The van der Waals surface area contributed by atoms with Crippen LogP contribution >= 0.6 is 0 Å². The van der Waals surface area contributed by atoms with Gasteiger partial charge in [-0.3, -0.25) is 10.1 Å². The molecule has 6 nitrogen and oxygen atoms in total. The summed E-state index contributed by atoms with van der Waals surface area (Å²) >= 11 is 0. The summed E-state index contributed by atoms with van der Waals surface area (Å²) in [5.41, 5.74) is 0.815. The molecule has 1 atom stereocenters. The van der Waals surface area contributed by atoms with Gasteiger partial charge in [0.05, 0.1) is 11.4 Å². The second-order valence-corrected chi connectivity index (χ2v) is 7.04. The van der Waals surface area contributed by atoms with E-state index in [2.05, 4.69) is 15.6 Å². The zero-order valence-corrected chi connectivity index (χ0v) is 15.2. The Hall–Kier alpha value is -3.22. The highest BCUT2D eigenvalue weighted by molar-refractivity contribution is 6.19. The molecule has 1 aliphatic rings. The van der Waals surface area contributed by atoms with Crippen LogP contribution in [0.4, 0.5) is 14.9 Å². The van der Waals surface area contributed by atoms with Gasteiger partial charge in [0.25, 0.3) is 5.91 Å². The first-order valence-electron chi connectivity index (χ1n) is 8.47. The van der Waals surface area contributed by atoms with Gasteiger partial charge in [-0.2, -0.15) is 0 Å². The highest BCUT2D eigenvalue weighted by atomic mass is 19.1. The van der Waals surface area contributed by atoms with Crippen LogP contribution in [0.25, 0.3) is 0 Å². The smallest absolute Gasteiger partial charge is 0.409 e. The summed E-state index contributed by atoms with van der Waals surface area (Å²) in [5.74, 6) is -1.02. The normalized spacial score (nSPS) is 16.5. The summed E-state index contributed by atoms with van der Waals surface area (Å²) in [7, 11) is 0. The van der Waals surface area contributed by atoms with Crippen molar-refractivity contribution in [3.8, 4) is 0 Å². The molecule has 3 rings (SSSR count). The van der Waals surface area contributed by atoms with E-state index in [-0.39, 0.29) is 11.3 Å². The van der Waals surface area contributed by atoms with Crippen LogP contribution in [0.15, 0.2) is 53.5 Å². The molecule has 27 heavy (non-hydrogen) atoms. The lowest BCUT2D eigenvalue weighted by atomic mass is 10.0. The average molecular weight is 369 g/mol. The van der Waals surface area contributed by atoms with Gasteiger partial charge in [-0.25, -0.2) is 14.2 Å². The van der Waals surface area contributed by atoms with Crippen LogP contribution in [0.5, 0.6) is 0 Å². The minimum absolute atomic E-state index is 0.234. The number of nitrogens with one attached hydrogen (secondary N) is 2. The standard InChI is InChI=1S/C20H20FN3O3/c1-20(2,3)27-19(26)24-17-18(25)22-15-11-7-5-9-13(15)16(23-17)12-8-4-6-10-14(12)21/h4-11,17H,1-3H3,(H,22,25)(H,24,26). The molecule has 1 aliphatic heterocycles. The Morgan fingerprint density at radius 3 is 2.41 bits per heavy atom. The Balaban J connectivity index is 2.04. The molecule has 2 aromatic carbocycles. The average Bonchev–Trinajstić information content (AvgIpc) is 2.71. The predicted octanol–water partition coefficient (Wildman–Crippen LogP) is 3.47. The highest BCUT2D eigenvalue weighted by Gasteiger charge is 2.29. The van der Waals surface area contributed by atoms with Crippen molar-refractivity contribution in [3.63, 3.8) is 0 Å². The van der Waals surface area contributed by atoms with Crippen molar-refractivity contribution in [2.24, 2.45) is 4.99 Å². The molecular formula is C20H20FN3O3. The fourth-order valence-corrected chi connectivity index (χ4v) is 2.64. The van der Waals surface area contributed by atoms with Crippen molar-refractivity contribution >= 4 is 23.4 Å². The summed E-state index contributed by atoms with van der Waals surface area (Å²) in [5, 5.41) is 5.15. The fourth-order valence-electron chi connectivity index (χ4n) is 2.64. The topological polar surface area (TPSA) is 79.8 Å². The zero-order valence-electron chi connectivity index (χ0n) is 15.2. The van der Waals surface area contributed by atoms with E-state index >= 15 is 0 Å². The number of halogens is 1. The van der Waals surface area contributed by atoms with E-state index in [0.717, 1.165) is 0 Å². The van der Waals surface area contributed by atoms with Crippen LogP contribution in [0.1, 0.15) is 31.9 Å². The molecule has 2 N–H and O–H groups in total. The van der Waals surface area contributed by atoms with Crippen molar-refractivity contribution in [1.29, 1.82) is 0 Å². The third kappa shape index (κ3) is 4.31. The first-order chi connectivity index (χ1) is 12.7. The molecular weight excluding hydrogens is 349 g/mol. The lowest BCUT2D eigenvalue weighted by Crippen LogP contribution is -2.44. The molecule has 2 amide bonds. The summed E-state index contributed by atoms with van der Waals surface area (Å²) in [6.07, 6.45) is -2.05. The van der Waals surface area contributed by atoms with E-state index in [4.69, 9.17) is 4.74 Å². The molecule has 0 fully saturated rings. The molecule has 0 spiro atoms. The minimum atomic E-state index is -1.26. The van der Waals surface area contributed by atoms with Gasteiger partial charge in [-0.05, 0) is 39.0 Å². The second kappa shape index (κ2) is 7.19. The fraction of sp³-hybridized carbons (Fsp3) is 0.250. The van der Waals surface area contributed by atoms with Gasteiger partial charge in [-0.15, -0.1) is 0 Å². The molecule has 2 aromatic rings. The Bertz CT molecular complexity index is 919. The zero-order chi connectivity index (χ0) is 19.6. The van der Waals surface area contributed by atoms with Crippen LogP contribution in [-0.2, 0) is 9.53 Å². The number of benzodiazepines with no additional fused rings is 1. The lowest BCUT2D eigenvalue weighted by Gasteiger charge is -2.21. The number of rotatable bonds is 2. The van der Waals surface area contributed by atoms with Crippen molar-refractivity contribution in [3.05, 3.63) is 65.5 Å². The Morgan fingerprint density at radius 2 is 1.74 bits per heavy atom. The Labute approximate surface area is 156 Å². The number of para-hydroxylation sites is 1. The van der Waals surface area contributed by atoms with Gasteiger partial charge in [0.2, 0.25) is 6.17 Å². The lowest BCUT2D eigenvalue weighted by molar-refractivity contribution is -0.118. The molecule has 0 radical (unpaired) electrons. The third-order valence-electron chi connectivity index (χ3n) is 3.73. The van der Waals surface area contributed by atoms with Crippen molar-refractivity contribution in [2.75, 3.05) is 5.32 Å². The SMILES string of the molecule is CC(C)(C)OC(=O)NC1N=C(c2ccccc2F)c2ccccc2NC1=O. The van der Waals surface area contributed by atoms with Crippen LogP contribution in [0, 0.1) is 5.82 Å². The minimum Gasteiger partial charge on any atom is -0.444 e. The number of carbonyl (C=O) groups is 2. The van der Waals surface area contributed by atoms with Gasteiger partial charge >= 0.3 is 6.09 Å². The maximum atomic E-state index is 14.4. The van der Waals surface area contributed by atoms with Gasteiger partial charge in [0, 0.05) is 11.1 Å². The van der Waals surface area contributed by atoms with Crippen molar-refractivity contribution in [1.82, 2.24) is 5.32 Å². The maximum Gasteiger partial charge on any atom is 0.409 e. The highest BCUT2D eigenvalue weighted by Crippen LogP contribution is 2.25. The number of fused-ring (bicyclic) bond motifs is 1. The number of hydrogen-bond donors (Lipinski definition) is 2. The number of amides is 2. The number of nitrogens with zero attached hydrogens (tertiary/aromatic N) is 1. The van der Waals surface area contributed by atoms with Crippen LogP contribution in [0.2, 0.25) is 0 Å². The number of hydrogen-bond acceptors (Lipinski definition) is 4. The van der Waals surface area contributed by atoms with E-state index in [0.29, 0.717) is 11.3 Å². The number of aliphatic imine (C=N–C) groups is 1. The van der Waals surface area contributed by atoms with Crippen LogP contribution < -0.4 is 10.6 Å². The van der Waals surface area contributed by atoms with Gasteiger partial charge in [-0.1, -0.05) is 30.3 Å². The largest absolute Gasteiger partial charge is 0.444 e. The first kappa shape index (κ1) is 18.6. The van der Waals surface area contributed by atoms with E-state index in [1.807, 2.05) is 0 Å². The summed E-state index contributed by atoms with van der Waals surface area (Å²) in [4.78, 5) is 29.0. The Kier molecular flexibility index (Phi) is 4.94. The second-order valence-electron chi connectivity index (χ2n) is 7.04. The molecule has 1 heterocycles. The number of carbonyl (C=O) groups excluding carboxylic acids is 2. The monoisotopic (exact) mass is 369 g/mol. The van der Waals surface area contributed by atoms with Crippen LogP contribution in [-0.4, -0.2) is 29.5 Å². The molecule has 0 saturated heterocycles. The number of ether oxygens (including phenoxy) is 1. The first-order valence-corrected chi connectivity index (χ1v) is 8.47. The molecule has 7 heteroatoms. The molecule has 0 bridgehead atoms. The molecule has 1 unspecified atom stereocenters. The molecule has 0 aliphatic carbocycles. The number of alkyl carbamates (subject to hydrolysis) is 1. The molecule has 140 valence electrons. The third-order valence-corrected chi connectivity index (χ3v) is 3.73. The van der Waals surface area contributed by atoms with Crippen molar-refractivity contribution in [2.45, 2.75) is 32.5 Å². The summed E-state index contributed by atoms with van der Waals surface area (Å²) < 4.78 is 19.6. The maximum absolute atomic E-state index is 14.4. The van der Waals surface area contributed by atoms with Crippen molar-refractivity contribution < 1.29 is 18.7 Å². The summed E-state index contributed by atoms with van der Waals surface area (Å²) in [6.45, 7) is 5.14. The number of anilines is 1. The van der Waals surface area contributed by atoms with E-state index in [9.17, 15) is 14.0 Å².